The lowest BCUT2D eigenvalue weighted by Crippen LogP contribution is -2.56. The maximum atomic E-state index is 13.4. The van der Waals surface area contributed by atoms with Crippen molar-refractivity contribution in [2.75, 3.05) is 38.8 Å². The molecular weight excluding hydrogens is 436 g/mol. The first-order chi connectivity index (χ1) is 17.1. The molecule has 5 heteroatoms. The number of benzene rings is 3. The summed E-state index contributed by atoms with van der Waals surface area (Å²) in [5.41, 5.74) is 8.59. The van der Waals surface area contributed by atoms with Crippen LogP contribution in [0.15, 0.2) is 78.9 Å². The minimum Gasteiger partial charge on any atom is -0.448 e. The molecule has 5 nitrogen and oxygen atoms in total. The van der Waals surface area contributed by atoms with Crippen molar-refractivity contribution >= 4 is 17.4 Å². The molecule has 0 aromatic heterocycles. The summed E-state index contributed by atoms with van der Waals surface area (Å²) in [6.45, 7) is 1.38. The van der Waals surface area contributed by atoms with Gasteiger partial charge in [-0.15, -0.1) is 0 Å². The summed E-state index contributed by atoms with van der Waals surface area (Å²) in [7, 11) is 4.09. The summed E-state index contributed by atoms with van der Waals surface area (Å²) in [5.74, 6) is 0.0635. The number of morpholine rings is 1. The molecule has 0 spiro atoms. The van der Waals surface area contributed by atoms with Gasteiger partial charge in [0, 0.05) is 25.7 Å². The van der Waals surface area contributed by atoms with Crippen LogP contribution in [0.4, 0.5) is 10.5 Å². The molecule has 1 amide bonds. The predicted octanol–water partition coefficient (Wildman–Crippen LogP) is 5.56. The Bertz CT molecular complexity index is 1240. The number of nitrogens with zero attached hydrogens (tertiary/aromatic N) is 2. The molecule has 2 unspecified atom stereocenters. The molecule has 35 heavy (non-hydrogen) atoms. The fraction of sp³-hybridized carbons (Fsp3) is 0.300. The maximum Gasteiger partial charge on any atom is 0.410 e. The molecule has 0 radical (unpaired) electrons. The average molecular weight is 467 g/mol. The van der Waals surface area contributed by atoms with Gasteiger partial charge in [0.2, 0.25) is 0 Å². The van der Waals surface area contributed by atoms with E-state index in [1.54, 1.807) is 0 Å². The zero-order valence-electron chi connectivity index (χ0n) is 20.2. The van der Waals surface area contributed by atoms with Crippen molar-refractivity contribution in [1.29, 1.82) is 0 Å². The summed E-state index contributed by atoms with van der Waals surface area (Å²) in [5, 5.41) is 0. The second-order valence-electron chi connectivity index (χ2n) is 9.81. The number of ether oxygens (including phenoxy) is 2. The average Bonchev–Trinajstić information content (AvgIpc) is 3.20. The number of anilines is 1. The van der Waals surface area contributed by atoms with Crippen LogP contribution in [0.25, 0.3) is 16.7 Å². The highest BCUT2D eigenvalue weighted by atomic mass is 16.6. The number of amides is 1. The van der Waals surface area contributed by atoms with E-state index in [1.165, 1.54) is 39.1 Å². The number of carbonyl (C=O) groups excluding carboxylic acids is 1. The van der Waals surface area contributed by atoms with Crippen LogP contribution < -0.4 is 4.90 Å². The van der Waals surface area contributed by atoms with E-state index < -0.39 is 0 Å². The van der Waals surface area contributed by atoms with Crippen LogP contribution in [0.1, 0.15) is 29.0 Å². The minimum absolute atomic E-state index is 0.0158. The van der Waals surface area contributed by atoms with Crippen molar-refractivity contribution in [2.24, 2.45) is 0 Å². The number of hydrogen-bond acceptors (Lipinski definition) is 4. The number of fused-ring (bicyclic) bond motifs is 5. The van der Waals surface area contributed by atoms with Gasteiger partial charge in [-0.3, -0.25) is 4.90 Å². The molecule has 2 aliphatic heterocycles. The molecule has 1 aliphatic carbocycles. The molecular formula is C30H30N2O3. The van der Waals surface area contributed by atoms with Crippen LogP contribution in [0.5, 0.6) is 0 Å². The SMILES string of the molecule is CN(C)c1ccc(C2=CC3COCC(C2)N3C(=O)OCC2c3ccccc3-c3ccccc32)cc1. The van der Waals surface area contributed by atoms with Crippen molar-refractivity contribution < 1.29 is 14.3 Å². The van der Waals surface area contributed by atoms with Gasteiger partial charge < -0.3 is 14.4 Å². The van der Waals surface area contributed by atoms with Gasteiger partial charge >= 0.3 is 6.09 Å². The largest absolute Gasteiger partial charge is 0.448 e. The standard InChI is InChI=1S/C30H30N2O3/c1-31(2)22-13-11-20(12-14-22)21-15-23-17-34-18-24(16-21)32(23)30(33)35-19-29-27-9-5-3-7-25(27)26-8-4-6-10-28(26)29/h3-15,23-24,29H,16-19H2,1-2H3. The van der Waals surface area contributed by atoms with Gasteiger partial charge in [0.15, 0.2) is 0 Å². The van der Waals surface area contributed by atoms with Crippen LogP contribution >= 0.6 is 0 Å². The van der Waals surface area contributed by atoms with Gasteiger partial charge in [-0.2, -0.15) is 0 Å². The van der Waals surface area contributed by atoms with E-state index in [0.717, 1.165) is 6.42 Å². The summed E-state index contributed by atoms with van der Waals surface area (Å²) >= 11 is 0. The zero-order chi connectivity index (χ0) is 23.9. The lowest BCUT2D eigenvalue weighted by molar-refractivity contribution is -0.0331. The highest BCUT2D eigenvalue weighted by Crippen LogP contribution is 2.44. The minimum atomic E-state index is -0.247. The second kappa shape index (κ2) is 8.90. The number of rotatable bonds is 4. The maximum absolute atomic E-state index is 13.4. The molecule has 0 N–H and O–H groups in total. The molecule has 1 fully saturated rings. The Hall–Kier alpha value is -3.57. The Balaban J connectivity index is 1.20. The molecule has 2 heterocycles. The van der Waals surface area contributed by atoms with Crippen LogP contribution in [0, 0.1) is 0 Å². The van der Waals surface area contributed by atoms with Gasteiger partial charge in [0.05, 0.1) is 25.3 Å². The van der Waals surface area contributed by atoms with Crippen LogP contribution in [-0.2, 0) is 9.47 Å². The zero-order valence-corrected chi connectivity index (χ0v) is 20.2. The van der Waals surface area contributed by atoms with Crippen molar-refractivity contribution in [1.82, 2.24) is 4.90 Å². The fourth-order valence-electron chi connectivity index (χ4n) is 5.74. The molecule has 2 bridgehead atoms. The van der Waals surface area contributed by atoms with Gasteiger partial charge in [-0.25, -0.2) is 4.79 Å². The van der Waals surface area contributed by atoms with Crippen molar-refractivity contribution in [2.45, 2.75) is 24.4 Å². The molecule has 6 rings (SSSR count). The second-order valence-corrected chi connectivity index (χ2v) is 9.81. The third-order valence-electron chi connectivity index (χ3n) is 7.50. The molecule has 3 aliphatic rings. The molecule has 178 valence electrons. The summed E-state index contributed by atoms with van der Waals surface area (Å²) in [6.07, 6.45) is 2.70. The first-order valence-electron chi connectivity index (χ1n) is 12.3. The Morgan fingerprint density at radius 3 is 2.23 bits per heavy atom. The third-order valence-corrected chi connectivity index (χ3v) is 7.50. The van der Waals surface area contributed by atoms with Crippen molar-refractivity contribution in [3.8, 4) is 11.1 Å². The van der Waals surface area contributed by atoms with Gasteiger partial charge in [0.1, 0.15) is 6.61 Å². The smallest absolute Gasteiger partial charge is 0.410 e. The van der Waals surface area contributed by atoms with E-state index in [2.05, 4.69) is 83.8 Å². The van der Waals surface area contributed by atoms with E-state index in [-0.39, 0.29) is 24.1 Å². The van der Waals surface area contributed by atoms with Crippen LogP contribution in [0.2, 0.25) is 0 Å². The molecule has 2 atom stereocenters. The number of hydrogen-bond donors (Lipinski definition) is 0. The molecule has 1 saturated heterocycles. The Morgan fingerprint density at radius 1 is 0.943 bits per heavy atom. The van der Waals surface area contributed by atoms with E-state index in [0.29, 0.717) is 19.8 Å². The highest BCUT2D eigenvalue weighted by Gasteiger charge is 2.39. The first-order valence-corrected chi connectivity index (χ1v) is 12.3. The van der Waals surface area contributed by atoms with Gasteiger partial charge in [0.25, 0.3) is 0 Å². The lowest BCUT2D eigenvalue weighted by atomic mass is 9.90. The van der Waals surface area contributed by atoms with Gasteiger partial charge in [-0.05, 0) is 51.9 Å². The topological polar surface area (TPSA) is 42.0 Å². The van der Waals surface area contributed by atoms with Crippen molar-refractivity contribution in [3.05, 3.63) is 95.6 Å². The van der Waals surface area contributed by atoms with Crippen LogP contribution in [0.3, 0.4) is 0 Å². The van der Waals surface area contributed by atoms with Crippen molar-refractivity contribution in [3.63, 3.8) is 0 Å². The lowest BCUT2D eigenvalue weighted by Gasteiger charge is -2.44. The summed E-state index contributed by atoms with van der Waals surface area (Å²) in [6, 6.07) is 25.3. The summed E-state index contributed by atoms with van der Waals surface area (Å²) in [4.78, 5) is 17.4. The number of carbonyl (C=O) groups is 1. The molecule has 3 aromatic carbocycles. The quantitative estimate of drug-likeness (QED) is 0.505. The van der Waals surface area contributed by atoms with E-state index >= 15 is 0 Å². The monoisotopic (exact) mass is 466 g/mol. The first kappa shape index (κ1) is 21.9. The Labute approximate surface area is 206 Å². The predicted molar refractivity (Wildman–Crippen MR) is 139 cm³/mol. The molecule has 0 saturated carbocycles. The third kappa shape index (κ3) is 3.90. The normalized spacial score (nSPS) is 20.6. The fourth-order valence-corrected chi connectivity index (χ4v) is 5.74. The summed E-state index contributed by atoms with van der Waals surface area (Å²) < 4.78 is 11.8. The van der Waals surface area contributed by atoms with E-state index in [4.69, 9.17) is 9.47 Å². The van der Waals surface area contributed by atoms with Gasteiger partial charge in [-0.1, -0.05) is 66.7 Å². The highest BCUT2D eigenvalue weighted by molar-refractivity contribution is 5.79. The molecule has 3 aromatic rings. The van der Waals surface area contributed by atoms with E-state index in [9.17, 15) is 4.79 Å². The van der Waals surface area contributed by atoms with E-state index in [1.807, 2.05) is 19.0 Å². The Morgan fingerprint density at radius 2 is 1.60 bits per heavy atom. The van der Waals surface area contributed by atoms with Crippen LogP contribution in [-0.4, -0.2) is 57.0 Å². The Kier molecular flexibility index (Phi) is 5.57.